The van der Waals surface area contributed by atoms with E-state index in [0.717, 1.165) is 11.1 Å². The molecule has 2 rings (SSSR count). The van der Waals surface area contributed by atoms with Crippen LogP contribution in [-0.2, 0) is 6.54 Å². The number of aromatic nitrogens is 1. The number of nitrogens with zero attached hydrogens (tertiary/aromatic N) is 2. The zero-order chi connectivity index (χ0) is 15.4. The van der Waals surface area contributed by atoms with Gasteiger partial charge < -0.3 is 16.3 Å². The summed E-state index contributed by atoms with van der Waals surface area (Å²) >= 11 is 1.27. The second-order valence-corrected chi connectivity index (χ2v) is 5.45. The predicted molar refractivity (Wildman–Crippen MR) is 76.9 cm³/mol. The minimum absolute atomic E-state index is 0.0397. The molecular weight excluding hydrogens is 295 g/mol. The Morgan fingerprint density at radius 1 is 1.57 bits per heavy atom. The number of hydrogen-bond donors (Lipinski definition) is 3. The number of amides is 1. The Labute approximate surface area is 124 Å². The maximum Gasteiger partial charge on any atom is 0.263 e. The zero-order valence-electron chi connectivity index (χ0n) is 11.1. The van der Waals surface area contributed by atoms with E-state index in [4.69, 9.17) is 10.9 Å². The summed E-state index contributed by atoms with van der Waals surface area (Å²) in [5.41, 5.74) is 5.94. The van der Waals surface area contributed by atoms with Gasteiger partial charge in [-0.15, -0.1) is 11.3 Å². The van der Waals surface area contributed by atoms with Gasteiger partial charge in [-0.3, -0.25) is 4.79 Å². The van der Waals surface area contributed by atoms with Gasteiger partial charge in [0.25, 0.3) is 5.91 Å². The fraction of sp³-hybridized carbons (Fsp3) is 0.154. The highest BCUT2D eigenvalue weighted by Crippen LogP contribution is 2.13. The number of aryl methyl sites for hydroxylation is 1. The second-order valence-electron chi connectivity index (χ2n) is 4.22. The van der Waals surface area contributed by atoms with Crippen LogP contribution < -0.4 is 11.1 Å². The molecule has 2 aromatic rings. The van der Waals surface area contributed by atoms with Gasteiger partial charge in [-0.05, 0) is 13.0 Å². The summed E-state index contributed by atoms with van der Waals surface area (Å²) in [6.45, 7) is 1.84. The molecule has 110 valence electrons. The maximum atomic E-state index is 13.9. The molecule has 0 spiro atoms. The Bertz CT molecular complexity index is 699. The van der Waals surface area contributed by atoms with Crippen LogP contribution in [-0.4, -0.2) is 21.9 Å². The molecule has 0 atom stereocenters. The number of nitrogens with one attached hydrogen (secondary N) is 1. The van der Waals surface area contributed by atoms with Crippen molar-refractivity contribution in [2.24, 2.45) is 10.9 Å². The van der Waals surface area contributed by atoms with Crippen LogP contribution in [0.15, 0.2) is 29.6 Å². The molecule has 1 heterocycles. The number of rotatable bonds is 4. The molecule has 1 aromatic carbocycles. The summed E-state index contributed by atoms with van der Waals surface area (Å²) in [6.07, 6.45) is 1.48. The monoisotopic (exact) mass is 308 g/mol. The van der Waals surface area contributed by atoms with Crippen molar-refractivity contribution in [3.05, 3.63) is 51.2 Å². The molecule has 0 aliphatic rings. The molecule has 0 bridgehead atoms. The van der Waals surface area contributed by atoms with E-state index >= 15 is 0 Å². The molecule has 4 N–H and O–H groups in total. The summed E-state index contributed by atoms with van der Waals surface area (Å²) in [6, 6.07) is 4.13. The number of benzene rings is 1. The Hall–Kier alpha value is -2.48. The molecule has 21 heavy (non-hydrogen) atoms. The largest absolute Gasteiger partial charge is 0.409 e. The maximum absolute atomic E-state index is 13.9. The van der Waals surface area contributed by atoms with Gasteiger partial charge in [0.1, 0.15) is 10.7 Å². The summed E-state index contributed by atoms with van der Waals surface area (Å²) < 4.78 is 13.9. The van der Waals surface area contributed by atoms with Crippen molar-refractivity contribution in [2.45, 2.75) is 13.5 Å². The molecule has 0 fully saturated rings. The van der Waals surface area contributed by atoms with E-state index in [-0.39, 0.29) is 23.9 Å². The first kappa shape index (κ1) is 14.9. The molecule has 8 heteroatoms. The van der Waals surface area contributed by atoms with Gasteiger partial charge in [-0.25, -0.2) is 9.37 Å². The lowest BCUT2D eigenvalue weighted by Gasteiger charge is -2.06. The highest BCUT2D eigenvalue weighted by Gasteiger charge is 2.11. The van der Waals surface area contributed by atoms with Crippen molar-refractivity contribution in [1.82, 2.24) is 10.3 Å². The van der Waals surface area contributed by atoms with Gasteiger partial charge in [0.05, 0.1) is 11.2 Å². The van der Waals surface area contributed by atoms with Crippen molar-refractivity contribution >= 4 is 23.1 Å². The normalized spacial score (nSPS) is 11.4. The number of amidine groups is 1. The van der Waals surface area contributed by atoms with Crippen LogP contribution in [0.25, 0.3) is 0 Å². The summed E-state index contributed by atoms with van der Waals surface area (Å²) in [7, 11) is 0. The SMILES string of the molecule is Cc1ncc(C(=O)NCc2ccc(/C(N)=N/O)cc2F)s1. The smallest absolute Gasteiger partial charge is 0.263 e. The van der Waals surface area contributed by atoms with E-state index in [1.807, 2.05) is 0 Å². The first-order valence-electron chi connectivity index (χ1n) is 5.98. The minimum atomic E-state index is -0.542. The highest BCUT2D eigenvalue weighted by atomic mass is 32.1. The molecule has 0 saturated carbocycles. The molecule has 0 aliphatic heterocycles. The van der Waals surface area contributed by atoms with Crippen molar-refractivity contribution in [1.29, 1.82) is 0 Å². The van der Waals surface area contributed by atoms with E-state index in [1.54, 1.807) is 6.92 Å². The van der Waals surface area contributed by atoms with Gasteiger partial charge in [-0.1, -0.05) is 17.3 Å². The van der Waals surface area contributed by atoms with Crippen LogP contribution in [0, 0.1) is 12.7 Å². The molecule has 0 saturated heterocycles. The molecule has 6 nitrogen and oxygen atoms in total. The third kappa shape index (κ3) is 3.54. The predicted octanol–water partition coefficient (Wildman–Crippen LogP) is 1.62. The Kier molecular flexibility index (Phi) is 4.49. The number of carbonyl (C=O) groups is 1. The molecule has 0 unspecified atom stereocenters. The minimum Gasteiger partial charge on any atom is -0.409 e. The summed E-state index contributed by atoms with van der Waals surface area (Å²) in [5.74, 6) is -1.02. The highest BCUT2D eigenvalue weighted by molar-refractivity contribution is 7.13. The van der Waals surface area contributed by atoms with Crippen LogP contribution in [0.2, 0.25) is 0 Å². The van der Waals surface area contributed by atoms with Crippen LogP contribution in [0.3, 0.4) is 0 Å². The summed E-state index contributed by atoms with van der Waals surface area (Å²) in [4.78, 5) is 16.3. The number of halogens is 1. The average Bonchev–Trinajstić information content (AvgIpc) is 2.91. The van der Waals surface area contributed by atoms with E-state index in [0.29, 0.717) is 10.4 Å². The third-order valence-electron chi connectivity index (χ3n) is 2.74. The molecule has 1 aromatic heterocycles. The zero-order valence-corrected chi connectivity index (χ0v) is 11.9. The fourth-order valence-electron chi connectivity index (χ4n) is 1.64. The summed E-state index contributed by atoms with van der Waals surface area (Å²) in [5, 5.41) is 14.7. The van der Waals surface area contributed by atoms with Crippen LogP contribution >= 0.6 is 11.3 Å². The Morgan fingerprint density at radius 2 is 2.33 bits per heavy atom. The number of oxime groups is 1. The first-order chi connectivity index (χ1) is 10.0. The Balaban J connectivity index is 2.05. The van der Waals surface area contributed by atoms with E-state index < -0.39 is 5.82 Å². The van der Waals surface area contributed by atoms with Crippen LogP contribution in [0.5, 0.6) is 0 Å². The van der Waals surface area contributed by atoms with Gasteiger partial charge in [0, 0.05) is 17.7 Å². The van der Waals surface area contributed by atoms with Crippen molar-refractivity contribution in [2.75, 3.05) is 0 Å². The number of hydrogen-bond acceptors (Lipinski definition) is 5. The van der Waals surface area contributed by atoms with Crippen molar-refractivity contribution in [3.8, 4) is 0 Å². The lowest BCUT2D eigenvalue weighted by molar-refractivity contribution is 0.0954. The molecule has 1 amide bonds. The van der Waals surface area contributed by atoms with Gasteiger partial charge in [-0.2, -0.15) is 0 Å². The van der Waals surface area contributed by atoms with Crippen LogP contribution in [0.1, 0.15) is 25.8 Å². The van der Waals surface area contributed by atoms with E-state index in [1.165, 1.54) is 29.7 Å². The molecule has 0 radical (unpaired) electrons. The average molecular weight is 308 g/mol. The molecule has 0 aliphatic carbocycles. The van der Waals surface area contributed by atoms with E-state index in [2.05, 4.69) is 15.5 Å². The van der Waals surface area contributed by atoms with Gasteiger partial charge >= 0.3 is 0 Å². The lowest BCUT2D eigenvalue weighted by atomic mass is 10.1. The van der Waals surface area contributed by atoms with Crippen molar-refractivity contribution < 1.29 is 14.4 Å². The van der Waals surface area contributed by atoms with Gasteiger partial charge in [0.15, 0.2) is 5.84 Å². The lowest BCUT2D eigenvalue weighted by Crippen LogP contribution is -2.22. The van der Waals surface area contributed by atoms with E-state index in [9.17, 15) is 9.18 Å². The Morgan fingerprint density at radius 3 is 2.90 bits per heavy atom. The third-order valence-corrected chi connectivity index (χ3v) is 3.65. The topological polar surface area (TPSA) is 101 Å². The second kappa shape index (κ2) is 6.31. The van der Waals surface area contributed by atoms with Crippen LogP contribution in [0.4, 0.5) is 4.39 Å². The first-order valence-corrected chi connectivity index (χ1v) is 6.80. The van der Waals surface area contributed by atoms with Crippen molar-refractivity contribution in [3.63, 3.8) is 0 Å². The number of thiazole rings is 1. The van der Waals surface area contributed by atoms with Gasteiger partial charge in [0.2, 0.25) is 0 Å². The number of nitrogens with two attached hydrogens (primary N) is 1. The number of carbonyl (C=O) groups excluding carboxylic acids is 1. The fourth-order valence-corrected chi connectivity index (χ4v) is 2.33. The molecular formula is C13H13FN4O2S. The standard InChI is InChI=1S/C13H13FN4O2S/c1-7-16-6-11(21-7)13(19)17-5-9-3-2-8(4-10(9)14)12(15)18-20/h2-4,6,20H,5H2,1H3,(H2,15,18)(H,17,19). The quantitative estimate of drug-likeness (QED) is 0.346.